The molecule has 2 aromatic rings. The van der Waals surface area contributed by atoms with Gasteiger partial charge >= 0.3 is 0 Å². The van der Waals surface area contributed by atoms with Crippen molar-refractivity contribution in [1.82, 2.24) is 10.3 Å². The minimum Gasteiger partial charge on any atom is -0.346 e. The summed E-state index contributed by atoms with van der Waals surface area (Å²) >= 11 is 5.99. The van der Waals surface area contributed by atoms with E-state index >= 15 is 0 Å². The predicted octanol–water partition coefficient (Wildman–Crippen LogP) is 4.18. The number of aromatic nitrogens is 1. The molecule has 1 aromatic carbocycles. The fourth-order valence-corrected chi connectivity index (χ4v) is 2.40. The Morgan fingerprint density at radius 1 is 1.29 bits per heavy atom. The van der Waals surface area contributed by atoms with Crippen LogP contribution in [0.1, 0.15) is 47.9 Å². The second kappa shape index (κ2) is 7.23. The molecule has 21 heavy (non-hydrogen) atoms. The Morgan fingerprint density at radius 2 is 2.00 bits per heavy atom. The van der Waals surface area contributed by atoms with Crippen molar-refractivity contribution >= 4 is 17.5 Å². The molecule has 1 aromatic heterocycles. The molecule has 2 rings (SSSR count). The van der Waals surface area contributed by atoms with Crippen molar-refractivity contribution < 1.29 is 4.79 Å². The highest BCUT2D eigenvalue weighted by Crippen LogP contribution is 2.15. The van der Waals surface area contributed by atoms with Crippen LogP contribution >= 0.6 is 11.6 Å². The fraction of sp³-hybridized carbons (Fsp3) is 0.294. The smallest absolute Gasteiger partial charge is 0.251 e. The summed E-state index contributed by atoms with van der Waals surface area (Å²) < 4.78 is 0. The Labute approximate surface area is 130 Å². The molecule has 1 amide bonds. The Bertz CT molecular complexity index is 613. The van der Waals surface area contributed by atoms with Crippen LogP contribution in [0.5, 0.6) is 0 Å². The van der Waals surface area contributed by atoms with Crippen LogP contribution in [0, 0.1) is 0 Å². The monoisotopic (exact) mass is 302 g/mol. The number of aryl methyl sites for hydroxylation is 1. The standard InChI is InChI=1S/C17H19ClN2O/c1-3-7-15-10-14(11-16(18)20-15)17(21)19-12(2)13-8-5-4-6-9-13/h4-6,8-12H,3,7H2,1-2H3,(H,19,21)/t12-/m0/s1. The van der Waals surface area contributed by atoms with Gasteiger partial charge in [0.1, 0.15) is 5.15 Å². The molecule has 0 saturated carbocycles. The van der Waals surface area contributed by atoms with Gasteiger partial charge in [0.25, 0.3) is 5.91 Å². The molecule has 110 valence electrons. The van der Waals surface area contributed by atoms with Gasteiger partial charge in [-0.05, 0) is 31.0 Å². The van der Waals surface area contributed by atoms with E-state index in [1.165, 1.54) is 0 Å². The molecule has 1 N–H and O–H groups in total. The maximum absolute atomic E-state index is 12.3. The third kappa shape index (κ3) is 4.30. The molecule has 1 heterocycles. The number of rotatable bonds is 5. The molecule has 4 heteroatoms. The van der Waals surface area contributed by atoms with E-state index in [9.17, 15) is 4.79 Å². The van der Waals surface area contributed by atoms with Gasteiger partial charge in [-0.3, -0.25) is 4.79 Å². The Hall–Kier alpha value is -1.87. The normalized spacial score (nSPS) is 12.0. The zero-order valence-corrected chi connectivity index (χ0v) is 13.0. The number of hydrogen-bond donors (Lipinski definition) is 1. The van der Waals surface area contributed by atoms with E-state index in [2.05, 4.69) is 17.2 Å². The van der Waals surface area contributed by atoms with Gasteiger partial charge in [-0.15, -0.1) is 0 Å². The second-order valence-corrected chi connectivity index (χ2v) is 5.41. The van der Waals surface area contributed by atoms with Crippen LogP contribution in [0.15, 0.2) is 42.5 Å². The molecule has 0 spiro atoms. The molecule has 0 aliphatic rings. The molecule has 0 unspecified atom stereocenters. The first-order valence-electron chi connectivity index (χ1n) is 7.12. The zero-order chi connectivity index (χ0) is 15.2. The van der Waals surface area contributed by atoms with Gasteiger partial charge in [0.05, 0.1) is 6.04 Å². The molecular weight excluding hydrogens is 284 g/mol. The quantitative estimate of drug-likeness (QED) is 0.842. The lowest BCUT2D eigenvalue weighted by atomic mass is 10.1. The minimum absolute atomic E-state index is 0.0553. The maximum atomic E-state index is 12.3. The van der Waals surface area contributed by atoms with Crippen LogP contribution < -0.4 is 5.32 Å². The summed E-state index contributed by atoms with van der Waals surface area (Å²) in [5.41, 5.74) is 2.48. The van der Waals surface area contributed by atoms with Crippen LogP contribution in [-0.2, 0) is 6.42 Å². The van der Waals surface area contributed by atoms with Crippen LogP contribution in [0.25, 0.3) is 0 Å². The first kappa shape index (κ1) is 15.5. The van der Waals surface area contributed by atoms with Crippen molar-refractivity contribution in [3.63, 3.8) is 0 Å². The molecule has 0 fully saturated rings. The summed E-state index contributed by atoms with van der Waals surface area (Å²) in [5, 5.41) is 3.34. The predicted molar refractivity (Wildman–Crippen MR) is 85.6 cm³/mol. The van der Waals surface area contributed by atoms with Gasteiger partial charge in [0.15, 0.2) is 0 Å². The van der Waals surface area contributed by atoms with Gasteiger partial charge in [-0.25, -0.2) is 4.98 Å². The number of carbonyl (C=O) groups excluding carboxylic acids is 1. The second-order valence-electron chi connectivity index (χ2n) is 5.03. The van der Waals surface area contributed by atoms with Crippen molar-refractivity contribution in [3.05, 3.63) is 64.4 Å². The number of pyridine rings is 1. The van der Waals surface area contributed by atoms with Crippen molar-refractivity contribution in [2.75, 3.05) is 0 Å². The first-order valence-corrected chi connectivity index (χ1v) is 7.50. The molecule has 3 nitrogen and oxygen atoms in total. The average Bonchev–Trinajstić information content (AvgIpc) is 2.48. The third-order valence-corrected chi connectivity index (χ3v) is 3.46. The first-order chi connectivity index (χ1) is 10.1. The third-order valence-electron chi connectivity index (χ3n) is 3.26. The van der Waals surface area contributed by atoms with Crippen LogP contribution in [0.2, 0.25) is 5.15 Å². The fourth-order valence-electron chi connectivity index (χ4n) is 2.17. The summed E-state index contributed by atoms with van der Waals surface area (Å²) in [4.78, 5) is 16.6. The van der Waals surface area contributed by atoms with Crippen molar-refractivity contribution in [1.29, 1.82) is 0 Å². The Morgan fingerprint density at radius 3 is 2.67 bits per heavy atom. The van der Waals surface area contributed by atoms with Gasteiger partial charge in [-0.1, -0.05) is 55.3 Å². The molecule has 0 bridgehead atoms. The summed E-state index contributed by atoms with van der Waals surface area (Å²) in [6.45, 7) is 4.03. The molecule has 0 aliphatic carbocycles. The largest absolute Gasteiger partial charge is 0.346 e. The van der Waals surface area contributed by atoms with Gasteiger partial charge in [-0.2, -0.15) is 0 Å². The number of halogens is 1. The molecule has 0 saturated heterocycles. The number of nitrogens with zero attached hydrogens (tertiary/aromatic N) is 1. The maximum Gasteiger partial charge on any atom is 0.251 e. The number of amides is 1. The number of benzene rings is 1. The topological polar surface area (TPSA) is 42.0 Å². The summed E-state index contributed by atoms with van der Waals surface area (Å²) in [6.07, 6.45) is 1.78. The van der Waals surface area contributed by atoms with Crippen LogP contribution in [0.3, 0.4) is 0 Å². The lowest BCUT2D eigenvalue weighted by molar-refractivity contribution is 0.0939. The zero-order valence-electron chi connectivity index (χ0n) is 12.3. The van der Waals surface area contributed by atoms with E-state index < -0.39 is 0 Å². The van der Waals surface area contributed by atoms with E-state index in [0.29, 0.717) is 10.7 Å². The molecule has 0 radical (unpaired) electrons. The van der Waals surface area contributed by atoms with E-state index in [1.54, 1.807) is 6.07 Å². The van der Waals surface area contributed by atoms with Crippen molar-refractivity contribution in [3.8, 4) is 0 Å². The highest BCUT2D eigenvalue weighted by atomic mass is 35.5. The van der Waals surface area contributed by atoms with Crippen molar-refractivity contribution in [2.45, 2.75) is 32.7 Å². The van der Waals surface area contributed by atoms with E-state index in [0.717, 1.165) is 24.1 Å². The highest BCUT2D eigenvalue weighted by molar-refractivity contribution is 6.29. The number of carbonyl (C=O) groups is 1. The Kier molecular flexibility index (Phi) is 5.34. The number of nitrogens with one attached hydrogen (secondary N) is 1. The molecule has 1 atom stereocenters. The van der Waals surface area contributed by atoms with E-state index in [-0.39, 0.29) is 11.9 Å². The summed E-state index contributed by atoms with van der Waals surface area (Å²) in [5.74, 6) is -0.131. The summed E-state index contributed by atoms with van der Waals surface area (Å²) in [6, 6.07) is 13.2. The van der Waals surface area contributed by atoms with Gasteiger partial charge < -0.3 is 5.32 Å². The van der Waals surface area contributed by atoms with Crippen molar-refractivity contribution in [2.24, 2.45) is 0 Å². The van der Waals surface area contributed by atoms with Gasteiger partial charge in [0, 0.05) is 11.3 Å². The SMILES string of the molecule is CCCc1cc(C(=O)N[C@@H](C)c2ccccc2)cc(Cl)n1. The lowest BCUT2D eigenvalue weighted by Gasteiger charge is -2.14. The van der Waals surface area contributed by atoms with Crippen LogP contribution in [-0.4, -0.2) is 10.9 Å². The Balaban J connectivity index is 2.13. The van der Waals surface area contributed by atoms with Crippen LogP contribution in [0.4, 0.5) is 0 Å². The highest BCUT2D eigenvalue weighted by Gasteiger charge is 2.13. The molecule has 0 aliphatic heterocycles. The average molecular weight is 303 g/mol. The lowest BCUT2D eigenvalue weighted by Crippen LogP contribution is -2.26. The summed E-state index contributed by atoms with van der Waals surface area (Å²) in [7, 11) is 0. The van der Waals surface area contributed by atoms with Gasteiger partial charge in [0.2, 0.25) is 0 Å². The minimum atomic E-state index is -0.131. The van der Waals surface area contributed by atoms with E-state index in [4.69, 9.17) is 11.6 Å². The van der Waals surface area contributed by atoms with E-state index in [1.807, 2.05) is 43.3 Å². The molecular formula is C17H19ClN2O. The number of hydrogen-bond acceptors (Lipinski definition) is 2.